The lowest BCUT2D eigenvalue weighted by atomic mass is 10.0. The maximum absolute atomic E-state index is 12.5. The first-order valence-corrected chi connectivity index (χ1v) is 8.21. The molecule has 126 valence electrons. The Morgan fingerprint density at radius 3 is 2.43 bits per heavy atom. The van der Waals surface area contributed by atoms with Gasteiger partial charge < -0.3 is 19.7 Å². The maximum Gasteiger partial charge on any atom is 0.256 e. The highest BCUT2D eigenvalue weighted by molar-refractivity contribution is 5.93. The van der Waals surface area contributed by atoms with Crippen LogP contribution >= 0.6 is 0 Å². The molecule has 2 saturated heterocycles. The number of hydrogen-bond acceptors (Lipinski definition) is 6. The molecule has 0 saturated carbocycles. The zero-order valence-electron chi connectivity index (χ0n) is 13.7. The van der Waals surface area contributed by atoms with Gasteiger partial charge in [-0.1, -0.05) is 13.8 Å². The van der Waals surface area contributed by atoms with Gasteiger partial charge in [0, 0.05) is 44.9 Å². The highest BCUT2D eigenvalue weighted by Gasteiger charge is 2.40. The van der Waals surface area contributed by atoms with E-state index < -0.39 is 5.79 Å². The molecular formula is C16H24N4O3. The van der Waals surface area contributed by atoms with Gasteiger partial charge in [-0.15, -0.1) is 0 Å². The third-order valence-electron chi connectivity index (χ3n) is 4.19. The van der Waals surface area contributed by atoms with Gasteiger partial charge in [0.25, 0.3) is 5.91 Å². The summed E-state index contributed by atoms with van der Waals surface area (Å²) in [5, 5.41) is 3.14. The Kier molecular flexibility index (Phi) is 4.77. The van der Waals surface area contributed by atoms with Crippen molar-refractivity contribution in [3.63, 3.8) is 0 Å². The minimum Gasteiger partial charge on any atom is -0.354 e. The molecule has 1 aromatic heterocycles. The fourth-order valence-corrected chi connectivity index (χ4v) is 2.84. The predicted octanol–water partition coefficient (Wildman–Crippen LogP) is 1.52. The Bertz CT molecular complexity index is 531. The van der Waals surface area contributed by atoms with Gasteiger partial charge in [0.15, 0.2) is 5.79 Å². The third kappa shape index (κ3) is 3.79. The van der Waals surface area contributed by atoms with Crippen molar-refractivity contribution in [2.75, 3.05) is 38.2 Å². The summed E-state index contributed by atoms with van der Waals surface area (Å²) in [4.78, 5) is 22.8. The average molecular weight is 320 g/mol. The van der Waals surface area contributed by atoms with Gasteiger partial charge in [-0.3, -0.25) is 4.79 Å². The summed E-state index contributed by atoms with van der Waals surface area (Å²) < 4.78 is 11.4. The second-order valence-electron chi connectivity index (χ2n) is 6.47. The lowest BCUT2D eigenvalue weighted by Gasteiger charge is -2.37. The van der Waals surface area contributed by atoms with Crippen LogP contribution < -0.4 is 5.32 Å². The molecule has 0 atom stereocenters. The first kappa shape index (κ1) is 16.1. The summed E-state index contributed by atoms with van der Waals surface area (Å²) in [7, 11) is 0. The van der Waals surface area contributed by atoms with Gasteiger partial charge in [-0.2, -0.15) is 0 Å². The molecule has 1 N–H and O–H groups in total. The van der Waals surface area contributed by atoms with E-state index in [1.807, 2.05) is 4.90 Å². The van der Waals surface area contributed by atoms with E-state index in [9.17, 15) is 4.79 Å². The van der Waals surface area contributed by atoms with E-state index in [1.54, 1.807) is 12.4 Å². The Morgan fingerprint density at radius 2 is 1.87 bits per heavy atom. The molecule has 7 heteroatoms. The number of nitrogens with one attached hydrogen (secondary N) is 1. The first-order valence-electron chi connectivity index (χ1n) is 8.21. The number of amides is 1. The molecule has 0 aromatic carbocycles. The minimum absolute atomic E-state index is 0.0340. The molecule has 2 aliphatic rings. The molecule has 3 heterocycles. The zero-order chi connectivity index (χ0) is 16.3. The lowest BCUT2D eigenvalue weighted by Crippen LogP contribution is -2.47. The third-order valence-corrected chi connectivity index (χ3v) is 4.19. The average Bonchev–Trinajstić information content (AvgIpc) is 3.02. The number of likely N-dealkylation sites (tertiary alicyclic amines) is 1. The molecule has 0 unspecified atom stereocenters. The summed E-state index contributed by atoms with van der Waals surface area (Å²) in [5.41, 5.74) is 0.518. The molecule has 0 aliphatic carbocycles. The Balaban J connectivity index is 1.56. The number of rotatable bonds is 4. The van der Waals surface area contributed by atoms with Gasteiger partial charge >= 0.3 is 0 Å². The summed E-state index contributed by atoms with van der Waals surface area (Å²) >= 11 is 0. The van der Waals surface area contributed by atoms with Gasteiger partial charge in [0.05, 0.1) is 18.8 Å². The second kappa shape index (κ2) is 6.80. The number of ether oxygens (including phenoxy) is 2. The van der Waals surface area contributed by atoms with E-state index >= 15 is 0 Å². The molecule has 0 radical (unpaired) electrons. The number of nitrogens with zero attached hydrogens (tertiary/aromatic N) is 3. The van der Waals surface area contributed by atoms with Crippen LogP contribution in [0.4, 0.5) is 5.95 Å². The maximum atomic E-state index is 12.5. The van der Waals surface area contributed by atoms with Crippen LogP contribution in [-0.2, 0) is 9.47 Å². The van der Waals surface area contributed by atoms with Crippen molar-refractivity contribution in [3.05, 3.63) is 18.0 Å². The van der Waals surface area contributed by atoms with Crippen molar-refractivity contribution in [3.8, 4) is 0 Å². The van der Waals surface area contributed by atoms with E-state index in [2.05, 4.69) is 29.1 Å². The lowest BCUT2D eigenvalue weighted by molar-refractivity contribution is -0.181. The molecule has 1 aromatic rings. The number of carbonyl (C=O) groups excluding carboxylic acids is 1. The minimum atomic E-state index is -0.460. The zero-order valence-corrected chi connectivity index (χ0v) is 13.7. The van der Waals surface area contributed by atoms with Crippen LogP contribution in [-0.4, -0.2) is 59.4 Å². The summed E-state index contributed by atoms with van der Waals surface area (Å²) in [6.45, 7) is 7.59. The van der Waals surface area contributed by atoms with Crippen molar-refractivity contribution in [2.24, 2.45) is 5.92 Å². The van der Waals surface area contributed by atoms with Crippen molar-refractivity contribution in [1.29, 1.82) is 0 Å². The van der Waals surface area contributed by atoms with E-state index in [0.717, 1.165) is 6.54 Å². The quantitative estimate of drug-likeness (QED) is 0.906. The topological polar surface area (TPSA) is 76.6 Å². The fourth-order valence-electron chi connectivity index (χ4n) is 2.84. The highest BCUT2D eigenvalue weighted by atomic mass is 16.7. The number of hydrogen-bond donors (Lipinski definition) is 1. The normalized spacial score (nSPS) is 20.2. The van der Waals surface area contributed by atoms with Crippen molar-refractivity contribution >= 4 is 11.9 Å². The predicted molar refractivity (Wildman–Crippen MR) is 85.1 cm³/mol. The SMILES string of the molecule is CC(C)CNc1ncc(C(=O)N2CCC3(CC2)OCCO3)cn1. The Labute approximate surface area is 136 Å². The molecule has 23 heavy (non-hydrogen) atoms. The van der Waals surface area contributed by atoms with Crippen molar-refractivity contribution in [2.45, 2.75) is 32.5 Å². The van der Waals surface area contributed by atoms with Crippen LogP contribution in [0.5, 0.6) is 0 Å². The number of carbonyl (C=O) groups is 1. The molecule has 2 aliphatic heterocycles. The molecule has 3 rings (SSSR count). The van der Waals surface area contributed by atoms with E-state index in [0.29, 0.717) is 56.6 Å². The van der Waals surface area contributed by atoms with Crippen LogP contribution in [0.15, 0.2) is 12.4 Å². The van der Waals surface area contributed by atoms with Crippen LogP contribution in [0.3, 0.4) is 0 Å². The number of aromatic nitrogens is 2. The molecule has 1 spiro atoms. The van der Waals surface area contributed by atoms with Gasteiger partial charge in [-0.05, 0) is 5.92 Å². The van der Waals surface area contributed by atoms with Crippen molar-refractivity contribution < 1.29 is 14.3 Å². The number of anilines is 1. The summed E-state index contributed by atoms with van der Waals surface area (Å²) in [6.07, 6.45) is 4.61. The molecule has 2 fully saturated rings. The Morgan fingerprint density at radius 1 is 1.26 bits per heavy atom. The van der Waals surface area contributed by atoms with E-state index in [-0.39, 0.29) is 5.91 Å². The van der Waals surface area contributed by atoms with Gasteiger partial charge in [-0.25, -0.2) is 9.97 Å². The first-order chi connectivity index (χ1) is 11.1. The van der Waals surface area contributed by atoms with E-state index in [1.165, 1.54) is 0 Å². The standard InChI is InChI=1S/C16H24N4O3/c1-12(2)9-17-15-18-10-13(11-19-15)14(21)20-5-3-16(4-6-20)22-7-8-23-16/h10-12H,3-9H2,1-2H3,(H,17,18,19). The fraction of sp³-hybridized carbons (Fsp3) is 0.688. The van der Waals surface area contributed by atoms with E-state index in [4.69, 9.17) is 9.47 Å². The van der Waals surface area contributed by atoms with Gasteiger partial charge in [0.1, 0.15) is 0 Å². The van der Waals surface area contributed by atoms with Crippen LogP contribution in [0.25, 0.3) is 0 Å². The smallest absolute Gasteiger partial charge is 0.256 e. The monoisotopic (exact) mass is 320 g/mol. The highest BCUT2D eigenvalue weighted by Crippen LogP contribution is 2.31. The molecular weight excluding hydrogens is 296 g/mol. The van der Waals surface area contributed by atoms with Gasteiger partial charge in [0.2, 0.25) is 5.95 Å². The second-order valence-corrected chi connectivity index (χ2v) is 6.47. The van der Waals surface area contributed by atoms with Crippen LogP contribution in [0.2, 0.25) is 0 Å². The van der Waals surface area contributed by atoms with Crippen molar-refractivity contribution in [1.82, 2.24) is 14.9 Å². The summed E-state index contributed by atoms with van der Waals surface area (Å²) in [6, 6.07) is 0. The molecule has 0 bridgehead atoms. The molecule has 1 amide bonds. The largest absolute Gasteiger partial charge is 0.354 e. The Hall–Kier alpha value is -1.73. The van der Waals surface area contributed by atoms with Crippen LogP contribution in [0, 0.1) is 5.92 Å². The molecule has 7 nitrogen and oxygen atoms in total. The number of piperidine rings is 1. The summed E-state index contributed by atoms with van der Waals surface area (Å²) in [5.74, 6) is 0.576. The van der Waals surface area contributed by atoms with Crippen LogP contribution in [0.1, 0.15) is 37.0 Å².